The Kier molecular flexibility index (Phi) is 3.59. The van der Waals surface area contributed by atoms with Gasteiger partial charge in [-0.2, -0.15) is 0 Å². The molecule has 0 aromatic heterocycles. The Morgan fingerprint density at radius 1 is 1.12 bits per heavy atom. The Hall–Kier alpha value is -1.61. The Morgan fingerprint density at radius 2 is 1.82 bits per heavy atom. The second-order valence-electron chi connectivity index (χ2n) is 3.80. The number of rotatable bonds is 2. The SMILES string of the molecule is Cc1ccc(N=C(N)c2ccccc2)cc1Br. The molecule has 2 rings (SSSR count). The highest BCUT2D eigenvalue weighted by molar-refractivity contribution is 9.10. The van der Waals surface area contributed by atoms with E-state index in [1.165, 1.54) is 5.56 Å². The molecule has 0 aliphatic heterocycles. The fourth-order valence-corrected chi connectivity index (χ4v) is 1.83. The van der Waals surface area contributed by atoms with E-state index in [2.05, 4.69) is 20.9 Å². The molecule has 2 nitrogen and oxygen atoms in total. The average molecular weight is 289 g/mol. The first-order chi connectivity index (χ1) is 8.16. The quantitative estimate of drug-likeness (QED) is 0.663. The standard InChI is InChI=1S/C14H13BrN2/c1-10-7-8-12(9-13(10)15)17-14(16)11-5-3-2-4-6-11/h2-9H,1H3,(H2,16,17). The van der Waals surface area contributed by atoms with Crippen molar-refractivity contribution in [3.63, 3.8) is 0 Å². The minimum atomic E-state index is 0.529. The molecule has 0 saturated carbocycles. The van der Waals surface area contributed by atoms with Crippen LogP contribution in [0.3, 0.4) is 0 Å². The second-order valence-corrected chi connectivity index (χ2v) is 4.65. The van der Waals surface area contributed by atoms with E-state index >= 15 is 0 Å². The molecule has 0 atom stereocenters. The van der Waals surface area contributed by atoms with Gasteiger partial charge >= 0.3 is 0 Å². The molecular formula is C14H13BrN2. The zero-order valence-corrected chi connectivity index (χ0v) is 11.1. The van der Waals surface area contributed by atoms with E-state index in [9.17, 15) is 0 Å². The van der Waals surface area contributed by atoms with Crippen molar-refractivity contribution in [2.45, 2.75) is 6.92 Å². The highest BCUT2D eigenvalue weighted by Gasteiger charge is 1.99. The van der Waals surface area contributed by atoms with Crippen molar-refractivity contribution in [2.24, 2.45) is 10.7 Å². The van der Waals surface area contributed by atoms with Crippen molar-refractivity contribution in [1.82, 2.24) is 0 Å². The van der Waals surface area contributed by atoms with Gasteiger partial charge in [0.2, 0.25) is 0 Å². The molecule has 0 unspecified atom stereocenters. The molecule has 0 fully saturated rings. The van der Waals surface area contributed by atoms with Crippen molar-refractivity contribution in [1.29, 1.82) is 0 Å². The zero-order chi connectivity index (χ0) is 12.3. The molecule has 2 N–H and O–H groups in total. The van der Waals surface area contributed by atoms with Crippen LogP contribution in [-0.4, -0.2) is 5.84 Å². The van der Waals surface area contributed by atoms with Gasteiger partial charge in [-0.25, -0.2) is 4.99 Å². The van der Waals surface area contributed by atoms with Crippen LogP contribution in [0.25, 0.3) is 0 Å². The number of benzene rings is 2. The van der Waals surface area contributed by atoms with Crippen molar-refractivity contribution in [2.75, 3.05) is 0 Å². The number of hydrogen-bond acceptors (Lipinski definition) is 1. The summed E-state index contributed by atoms with van der Waals surface area (Å²) in [6, 6.07) is 15.7. The molecule has 2 aromatic rings. The number of aryl methyl sites for hydroxylation is 1. The van der Waals surface area contributed by atoms with Crippen molar-refractivity contribution < 1.29 is 0 Å². The monoisotopic (exact) mass is 288 g/mol. The zero-order valence-electron chi connectivity index (χ0n) is 9.52. The Bertz CT molecular complexity index is 547. The van der Waals surface area contributed by atoms with Gasteiger partial charge in [-0.1, -0.05) is 52.3 Å². The van der Waals surface area contributed by atoms with E-state index in [4.69, 9.17) is 5.73 Å². The van der Waals surface area contributed by atoms with Gasteiger partial charge in [0.15, 0.2) is 0 Å². The first kappa shape index (κ1) is 11.9. The molecule has 0 heterocycles. The van der Waals surface area contributed by atoms with Crippen LogP contribution in [0.5, 0.6) is 0 Å². The smallest absolute Gasteiger partial charge is 0.131 e. The van der Waals surface area contributed by atoms with Crippen LogP contribution in [0.15, 0.2) is 58.0 Å². The molecule has 0 amide bonds. The lowest BCUT2D eigenvalue weighted by Gasteiger charge is -2.02. The number of amidine groups is 1. The molecule has 0 bridgehead atoms. The first-order valence-electron chi connectivity index (χ1n) is 5.32. The minimum absolute atomic E-state index is 0.529. The lowest BCUT2D eigenvalue weighted by molar-refractivity contribution is 1.38. The van der Waals surface area contributed by atoms with Gasteiger partial charge in [0.25, 0.3) is 0 Å². The maximum atomic E-state index is 5.95. The lowest BCUT2D eigenvalue weighted by atomic mass is 10.2. The number of nitrogens with two attached hydrogens (primary N) is 1. The summed E-state index contributed by atoms with van der Waals surface area (Å²) in [6.45, 7) is 2.04. The average Bonchev–Trinajstić information content (AvgIpc) is 2.35. The summed E-state index contributed by atoms with van der Waals surface area (Å²) in [4.78, 5) is 4.40. The predicted octanol–water partition coefficient (Wildman–Crippen LogP) is 3.79. The van der Waals surface area contributed by atoms with Gasteiger partial charge in [-0.05, 0) is 24.6 Å². The summed E-state index contributed by atoms with van der Waals surface area (Å²) < 4.78 is 1.04. The number of aliphatic imine (C=N–C) groups is 1. The van der Waals surface area contributed by atoms with Gasteiger partial charge < -0.3 is 5.73 Å². The molecule has 0 aliphatic rings. The van der Waals surface area contributed by atoms with E-state index in [1.54, 1.807) is 0 Å². The maximum absolute atomic E-state index is 5.95. The predicted molar refractivity (Wildman–Crippen MR) is 75.7 cm³/mol. The largest absolute Gasteiger partial charge is 0.383 e. The molecule has 2 aromatic carbocycles. The third-order valence-electron chi connectivity index (χ3n) is 2.47. The van der Waals surface area contributed by atoms with Gasteiger partial charge in [-0.3, -0.25) is 0 Å². The van der Waals surface area contributed by atoms with Crippen LogP contribution >= 0.6 is 15.9 Å². The summed E-state index contributed by atoms with van der Waals surface area (Å²) in [7, 11) is 0. The van der Waals surface area contributed by atoms with Crippen LogP contribution in [0.4, 0.5) is 5.69 Å². The van der Waals surface area contributed by atoms with Crippen molar-refractivity contribution in [3.8, 4) is 0 Å². The Morgan fingerprint density at radius 3 is 2.47 bits per heavy atom. The number of hydrogen-bond donors (Lipinski definition) is 1. The van der Waals surface area contributed by atoms with Crippen LogP contribution < -0.4 is 5.73 Å². The van der Waals surface area contributed by atoms with Crippen LogP contribution in [-0.2, 0) is 0 Å². The van der Waals surface area contributed by atoms with Crippen molar-refractivity contribution in [3.05, 3.63) is 64.1 Å². The molecule has 3 heteroatoms. The van der Waals surface area contributed by atoms with Gasteiger partial charge in [0, 0.05) is 10.0 Å². The summed E-state index contributed by atoms with van der Waals surface area (Å²) in [5.41, 5.74) is 8.92. The van der Waals surface area contributed by atoms with E-state index < -0.39 is 0 Å². The molecular weight excluding hydrogens is 276 g/mol. The topological polar surface area (TPSA) is 38.4 Å². The van der Waals surface area contributed by atoms with E-state index in [-0.39, 0.29) is 0 Å². The maximum Gasteiger partial charge on any atom is 0.131 e. The van der Waals surface area contributed by atoms with E-state index in [0.29, 0.717) is 5.84 Å². The van der Waals surface area contributed by atoms with Gasteiger partial charge in [-0.15, -0.1) is 0 Å². The summed E-state index contributed by atoms with van der Waals surface area (Å²) in [5.74, 6) is 0.529. The van der Waals surface area contributed by atoms with Gasteiger partial charge in [0.1, 0.15) is 5.84 Å². The van der Waals surface area contributed by atoms with Gasteiger partial charge in [0.05, 0.1) is 5.69 Å². The second kappa shape index (κ2) is 5.15. The molecule has 0 spiro atoms. The summed E-state index contributed by atoms with van der Waals surface area (Å²) in [5, 5.41) is 0. The van der Waals surface area contributed by atoms with Crippen LogP contribution in [0.1, 0.15) is 11.1 Å². The normalized spacial score (nSPS) is 11.5. The van der Waals surface area contributed by atoms with E-state index in [0.717, 1.165) is 15.7 Å². The molecule has 86 valence electrons. The molecule has 0 saturated heterocycles. The van der Waals surface area contributed by atoms with Crippen LogP contribution in [0.2, 0.25) is 0 Å². The summed E-state index contributed by atoms with van der Waals surface area (Å²) in [6.07, 6.45) is 0. The van der Waals surface area contributed by atoms with Crippen molar-refractivity contribution >= 4 is 27.5 Å². The third-order valence-corrected chi connectivity index (χ3v) is 3.33. The highest BCUT2D eigenvalue weighted by Crippen LogP contribution is 2.22. The molecule has 0 aliphatic carbocycles. The minimum Gasteiger partial charge on any atom is -0.383 e. The molecule has 17 heavy (non-hydrogen) atoms. The number of nitrogens with zero attached hydrogens (tertiary/aromatic N) is 1. The molecule has 0 radical (unpaired) electrons. The fraction of sp³-hybridized carbons (Fsp3) is 0.0714. The highest BCUT2D eigenvalue weighted by atomic mass is 79.9. The Labute approximate surface area is 109 Å². The lowest BCUT2D eigenvalue weighted by Crippen LogP contribution is -2.12. The summed E-state index contributed by atoms with van der Waals surface area (Å²) >= 11 is 3.48. The van der Waals surface area contributed by atoms with E-state index in [1.807, 2.05) is 55.5 Å². The third kappa shape index (κ3) is 2.94. The fourth-order valence-electron chi connectivity index (χ4n) is 1.46. The first-order valence-corrected chi connectivity index (χ1v) is 6.12. The Balaban J connectivity index is 2.33. The number of halogens is 1. The van der Waals surface area contributed by atoms with Crippen LogP contribution in [0, 0.1) is 6.92 Å².